The quantitative estimate of drug-likeness (QED) is 0.721. The van der Waals surface area contributed by atoms with E-state index < -0.39 is 0 Å². The van der Waals surface area contributed by atoms with E-state index in [9.17, 15) is 0 Å². The van der Waals surface area contributed by atoms with Gasteiger partial charge in [-0.3, -0.25) is 0 Å². The maximum Gasteiger partial charge on any atom is 0.0471 e. The van der Waals surface area contributed by atoms with E-state index in [0.29, 0.717) is 0 Å². The molecule has 0 unspecified atom stereocenters. The summed E-state index contributed by atoms with van der Waals surface area (Å²) in [6.45, 7) is 1.85. The second-order valence-electron chi connectivity index (χ2n) is 3.44. The van der Waals surface area contributed by atoms with Crippen molar-refractivity contribution in [2.24, 2.45) is 0 Å². The van der Waals surface area contributed by atoms with E-state index in [0.717, 1.165) is 19.1 Å². The maximum atomic E-state index is 5.35. The fourth-order valence-corrected chi connectivity index (χ4v) is 2.36. The molecule has 0 amide bonds. The second kappa shape index (κ2) is 4.42. The summed E-state index contributed by atoms with van der Waals surface area (Å²) >= 11 is 2.37. The fraction of sp³-hybridized carbons (Fsp3) is 0.455. The Morgan fingerprint density at radius 3 is 2.69 bits per heavy atom. The van der Waals surface area contributed by atoms with E-state index in [1.54, 1.807) is 0 Å². The molecule has 1 nitrogen and oxygen atoms in total. The minimum atomic E-state index is 0.725. The van der Waals surface area contributed by atoms with Crippen LogP contribution in [0.15, 0.2) is 24.3 Å². The normalized spacial score (nSPS) is 18.8. The van der Waals surface area contributed by atoms with Crippen LogP contribution in [0, 0.1) is 3.57 Å². The molecule has 0 bridgehead atoms. The smallest absolute Gasteiger partial charge is 0.0471 e. The van der Waals surface area contributed by atoms with Crippen molar-refractivity contribution in [2.75, 3.05) is 13.2 Å². The third-order valence-corrected chi connectivity index (χ3v) is 3.21. The Morgan fingerprint density at radius 1 is 1.23 bits per heavy atom. The summed E-state index contributed by atoms with van der Waals surface area (Å²) in [5.74, 6) is 0.725. The average Bonchev–Trinajstić information content (AvgIpc) is 2.19. The Bertz CT molecular complexity index is 279. The van der Waals surface area contributed by atoms with Crippen molar-refractivity contribution in [2.45, 2.75) is 18.8 Å². The minimum Gasteiger partial charge on any atom is -0.381 e. The zero-order valence-corrected chi connectivity index (χ0v) is 9.66. The standard InChI is InChI=1S/C11H13IO/c12-11-3-1-2-10(8-11)9-4-6-13-7-5-9/h1-3,8-9H,4-7H2. The van der Waals surface area contributed by atoms with Crippen molar-refractivity contribution in [1.82, 2.24) is 0 Å². The van der Waals surface area contributed by atoms with Gasteiger partial charge in [0.15, 0.2) is 0 Å². The molecule has 0 N–H and O–H groups in total. The van der Waals surface area contributed by atoms with Crippen LogP contribution >= 0.6 is 22.6 Å². The Balaban J connectivity index is 2.14. The van der Waals surface area contributed by atoms with Gasteiger partial charge in [-0.2, -0.15) is 0 Å². The molecule has 0 radical (unpaired) electrons. The largest absolute Gasteiger partial charge is 0.381 e. The molecule has 0 saturated carbocycles. The number of hydrogen-bond donors (Lipinski definition) is 0. The van der Waals surface area contributed by atoms with Gasteiger partial charge in [0.05, 0.1) is 0 Å². The molecule has 1 aliphatic rings. The molecule has 1 aliphatic heterocycles. The van der Waals surface area contributed by atoms with Crippen molar-refractivity contribution >= 4 is 22.6 Å². The fourth-order valence-electron chi connectivity index (χ4n) is 1.79. The molecule has 70 valence electrons. The number of ether oxygens (including phenoxy) is 1. The molecule has 1 aromatic carbocycles. The van der Waals surface area contributed by atoms with E-state index in [2.05, 4.69) is 46.9 Å². The molecule has 2 heteroatoms. The van der Waals surface area contributed by atoms with Crippen molar-refractivity contribution in [3.8, 4) is 0 Å². The lowest BCUT2D eigenvalue weighted by atomic mass is 9.92. The van der Waals surface area contributed by atoms with Crippen LogP contribution in [0.2, 0.25) is 0 Å². The lowest BCUT2D eigenvalue weighted by molar-refractivity contribution is 0.0853. The lowest BCUT2D eigenvalue weighted by Crippen LogP contribution is -2.13. The van der Waals surface area contributed by atoms with Gasteiger partial charge in [-0.25, -0.2) is 0 Å². The lowest BCUT2D eigenvalue weighted by Gasteiger charge is -2.22. The maximum absolute atomic E-state index is 5.35. The second-order valence-corrected chi connectivity index (χ2v) is 4.69. The van der Waals surface area contributed by atoms with E-state index in [1.165, 1.54) is 22.0 Å². The first-order chi connectivity index (χ1) is 6.36. The summed E-state index contributed by atoms with van der Waals surface area (Å²) in [6.07, 6.45) is 2.36. The summed E-state index contributed by atoms with van der Waals surface area (Å²) < 4.78 is 6.68. The number of benzene rings is 1. The first kappa shape index (κ1) is 9.46. The monoisotopic (exact) mass is 288 g/mol. The molecule has 0 atom stereocenters. The van der Waals surface area contributed by atoms with E-state index >= 15 is 0 Å². The van der Waals surface area contributed by atoms with Gasteiger partial charge < -0.3 is 4.74 Å². The predicted octanol–water partition coefficient (Wildman–Crippen LogP) is 3.19. The van der Waals surface area contributed by atoms with E-state index in [-0.39, 0.29) is 0 Å². The molecular weight excluding hydrogens is 275 g/mol. The molecule has 1 heterocycles. The molecule has 1 saturated heterocycles. The molecule has 0 spiro atoms. The third kappa shape index (κ3) is 2.44. The summed E-state index contributed by atoms with van der Waals surface area (Å²) in [4.78, 5) is 0. The molecular formula is C11H13IO. The van der Waals surface area contributed by atoms with Gasteiger partial charge in [0, 0.05) is 16.8 Å². The van der Waals surface area contributed by atoms with Gasteiger partial charge >= 0.3 is 0 Å². The van der Waals surface area contributed by atoms with Gasteiger partial charge in [0.1, 0.15) is 0 Å². The van der Waals surface area contributed by atoms with Crippen molar-refractivity contribution in [3.63, 3.8) is 0 Å². The Hall–Kier alpha value is -0.0900. The van der Waals surface area contributed by atoms with Gasteiger partial charge in [-0.15, -0.1) is 0 Å². The summed E-state index contributed by atoms with van der Waals surface area (Å²) in [7, 11) is 0. The van der Waals surface area contributed by atoms with Crippen LogP contribution in [0.4, 0.5) is 0 Å². The Labute approximate surface area is 92.6 Å². The summed E-state index contributed by atoms with van der Waals surface area (Å²) in [5, 5.41) is 0. The highest BCUT2D eigenvalue weighted by Crippen LogP contribution is 2.27. The molecule has 1 fully saturated rings. The number of hydrogen-bond acceptors (Lipinski definition) is 1. The minimum absolute atomic E-state index is 0.725. The molecule has 0 aromatic heterocycles. The first-order valence-corrected chi connectivity index (χ1v) is 5.77. The zero-order valence-electron chi connectivity index (χ0n) is 7.50. The third-order valence-electron chi connectivity index (χ3n) is 2.54. The van der Waals surface area contributed by atoms with Crippen LogP contribution in [0.25, 0.3) is 0 Å². The number of halogens is 1. The van der Waals surface area contributed by atoms with Gasteiger partial charge in [0.2, 0.25) is 0 Å². The zero-order chi connectivity index (χ0) is 9.10. The Kier molecular flexibility index (Phi) is 3.22. The average molecular weight is 288 g/mol. The summed E-state index contributed by atoms with van der Waals surface area (Å²) in [5.41, 5.74) is 1.48. The van der Waals surface area contributed by atoms with Crippen LogP contribution in [0.5, 0.6) is 0 Å². The molecule has 1 aromatic rings. The van der Waals surface area contributed by atoms with Crippen LogP contribution in [0.1, 0.15) is 24.3 Å². The van der Waals surface area contributed by atoms with E-state index in [4.69, 9.17) is 4.74 Å². The van der Waals surface area contributed by atoms with Gasteiger partial charge in [-0.1, -0.05) is 12.1 Å². The van der Waals surface area contributed by atoms with Crippen LogP contribution in [-0.4, -0.2) is 13.2 Å². The summed E-state index contributed by atoms with van der Waals surface area (Å²) in [6, 6.07) is 8.81. The van der Waals surface area contributed by atoms with Crippen LogP contribution in [-0.2, 0) is 4.74 Å². The highest BCUT2D eigenvalue weighted by molar-refractivity contribution is 14.1. The highest BCUT2D eigenvalue weighted by atomic mass is 127. The van der Waals surface area contributed by atoms with Crippen molar-refractivity contribution in [3.05, 3.63) is 33.4 Å². The van der Waals surface area contributed by atoms with Crippen molar-refractivity contribution in [1.29, 1.82) is 0 Å². The van der Waals surface area contributed by atoms with Gasteiger partial charge in [0.25, 0.3) is 0 Å². The van der Waals surface area contributed by atoms with Crippen LogP contribution < -0.4 is 0 Å². The topological polar surface area (TPSA) is 9.23 Å². The van der Waals surface area contributed by atoms with Crippen molar-refractivity contribution < 1.29 is 4.74 Å². The SMILES string of the molecule is Ic1cccc(C2CCOCC2)c1. The Morgan fingerprint density at radius 2 is 2.00 bits per heavy atom. The number of rotatable bonds is 1. The predicted molar refractivity (Wildman–Crippen MR) is 62.0 cm³/mol. The van der Waals surface area contributed by atoms with E-state index in [1.807, 2.05) is 0 Å². The molecule has 0 aliphatic carbocycles. The van der Waals surface area contributed by atoms with Crippen LogP contribution in [0.3, 0.4) is 0 Å². The molecule has 13 heavy (non-hydrogen) atoms. The van der Waals surface area contributed by atoms with Gasteiger partial charge in [-0.05, 0) is 59.0 Å². The first-order valence-electron chi connectivity index (χ1n) is 4.69. The molecule has 2 rings (SSSR count). The highest BCUT2D eigenvalue weighted by Gasteiger charge is 2.15.